The Labute approximate surface area is 111 Å². The molecule has 1 aliphatic rings. The Hall–Kier alpha value is -1.04. The van der Waals surface area contributed by atoms with Gasteiger partial charge in [-0.15, -0.1) is 0 Å². The molecule has 0 saturated heterocycles. The van der Waals surface area contributed by atoms with E-state index in [1.807, 2.05) is 18.7 Å². The van der Waals surface area contributed by atoms with E-state index in [1.165, 1.54) is 32.1 Å². The number of amides is 1. The van der Waals surface area contributed by atoms with E-state index >= 15 is 0 Å². The molecule has 0 heterocycles. The van der Waals surface area contributed by atoms with E-state index in [0.717, 1.165) is 18.9 Å². The molecule has 0 bridgehead atoms. The highest BCUT2D eigenvalue weighted by Gasteiger charge is 2.18. The van der Waals surface area contributed by atoms with Gasteiger partial charge in [0.15, 0.2) is 0 Å². The number of carbonyl (C=O) groups excluding carboxylic acids is 1. The molecule has 18 heavy (non-hydrogen) atoms. The van der Waals surface area contributed by atoms with Crippen LogP contribution in [0.15, 0.2) is 0 Å². The zero-order valence-corrected chi connectivity index (χ0v) is 11.8. The summed E-state index contributed by atoms with van der Waals surface area (Å²) in [7, 11) is 0. The lowest BCUT2D eigenvalue weighted by molar-refractivity contribution is -0.131. The van der Waals surface area contributed by atoms with Crippen LogP contribution in [0, 0.1) is 23.2 Å². The summed E-state index contributed by atoms with van der Waals surface area (Å²) in [4.78, 5) is 13.9. The second-order valence-electron chi connectivity index (χ2n) is 5.51. The van der Waals surface area contributed by atoms with Crippen LogP contribution in [0.25, 0.3) is 0 Å². The van der Waals surface area contributed by atoms with E-state index in [9.17, 15) is 4.79 Å². The summed E-state index contributed by atoms with van der Waals surface area (Å²) in [5.74, 6) is 0.920. The van der Waals surface area contributed by atoms with Crippen LogP contribution in [0.3, 0.4) is 0 Å². The molecule has 1 aliphatic carbocycles. The van der Waals surface area contributed by atoms with E-state index in [2.05, 4.69) is 6.07 Å². The van der Waals surface area contributed by atoms with Gasteiger partial charge in [0, 0.05) is 19.5 Å². The molecule has 3 nitrogen and oxygen atoms in total. The maximum absolute atomic E-state index is 12.1. The van der Waals surface area contributed by atoms with Gasteiger partial charge in [0.2, 0.25) is 5.91 Å². The predicted molar refractivity (Wildman–Crippen MR) is 72.8 cm³/mol. The lowest BCUT2D eigenvalue weighted by Gasteiger charge is -2.25. The Bertz CT molecular complexity index is 289. The Morgan fingerprint density at radius 1 is 1.39 bits per heavy atom. The first kappa shape index (κ1) is 15.0. The van der Waals surface area contributed by atoms with Crippen LogP contribution in [-0.4, -0.2) is 23.9 Å². The Kier molecular flexibility index (Phi) is 6.78. The minimum atomic E-state index is -0.0661. The fraction of sp³-hybridized carbons (Fsp3) is 0.867. The maximum Gasteiger partial charge on any atom is 0.222 e. The number of hydrogen-bond donors (Lipinski definition) is 0. The summed E-state index contributed by atoms with van der Waals surface area (Å²) < 4.78 is 0. The molecule has 0 N–H and O–H groups in total. The zero-order chi connectivity index (χ0) is 13.4. The average Bonchev–Trinajstić information content (AvgIpc) is 2.42. The SMILES string of the molecule is CCN(CC(C)C#N)C(=O)CCC1CCCCC1. The summed E-state index contributed by atoms with van der Waals surface area (Å²) in [6.45, 7) is 5.16. The van der Waals surface area contributed by atoms with Crippen LogP contribution in [0.2, 0.25) is 0 Å². The van der Waals surface area contributed by atoms with Crippen LogP contribution in [0.5, 0.6) is 0 Å². The minimum Gasteiger partial charge on any atom is -0.342 e. The third kappa shape index (κ3) is 5.08. The second kappa shape index (κ2) is 8.13. The summed E-state index contributed by atoms with van der Waals surface area (Å²) >= 11 is 0. The topological polar surface area (TPSA) is 44.1 Å². The highest BCUT2D eigenvalue weighted by molar-refractivity contribution is 5.76. The minimum absolute atomic E-state index is 0.0661. The first-order chi connectivity index (χ1) is 8.67. The number of rotatable bonds is 6. The molecule has 0 aromatic carbocycles. The molecule has 1 saturated carbocycles. The van der Waals surface area contributed by atoms with Gasteiger partial charge in [-0.3, -0.25) is 4.79 Å². The molecule has 102 valence electrons. The number of carbonyl (C=O) groups is 1. The van der Waals surface area contributed by atoms with Crippen molar-refractivity contribution in [1.82, 2.24) is 4.90 Å². The van der Waals surface area contributed by atoms with Crippen molar-refractivity contribution in [3.8, 4) is 6.07 Å². The number of nitrogens with zero attached hydrogens (tertiary/aromatic N) is 2. The van der Waals surface area contributed by atoms with Gasteiger partial charge in [0.25, 0.3) is 0 Å². The van der Waals surface area contributed by atoms with Crippen molar-refractivity contribution in [2.45, 2.75) is 58.8 Å². The third-order valence-corrected chi connectivity index (χ3v) is 3.94. The van der Waals surface area contributed by atoms with Crippen molar-refractivity contribution < 1.29 is 4.79 Å². The monoisotopic (exact) mass is 250 g/mol. The van der Waals surface area contributed by atoms with Gasteiger partial charge in [-0.05, 0) is 26.2 Å². The largest absolute Gasteiger partial charge is 0.342 e. The lowest BCUT2D eigenvalue weighted by Crippen LogP contribution is -2.34. The van der Waals surface area contributed by atoms with Gasteiger partial charge in [0.05, 0.1) is 12.0 Å². The summed E-state index contributed by atoms with van der Waals surface area (Å²) in [5, 5.41) is 8.81. The Balaban J connectivity index is 2.30. The molecule has 1 rings (SSSR count). The van der Waals surface area contributed by atoms with Crippen LogP contribution in [-0.2, 0) is 4.79 Å². The molecule has 0 aromatic heterocycles. The van der Waals surface area contributed by atoms with Crippen molar-refractivity contribution in [2.75, 3.05) is 13.1 Å². The van der Waals surface area contributed by atoms with E-state index in [-0.39, 0.29) is 11.8 Å². The molecule has 1 amide bonds. The maximum atomic E-state index is 12.1. The van der Waals surface area contributed by atoms with Gasteiger partial charge >= 0.3 is 0 Å². The van der Waals surface area contributed by atoms with Crippen LogP contribution in [0.4, 0.5) is 0 Å². The van der Waals surface area contributed by atoms with Crippen molar-refractivity contribution in [1.29, 1.82) is 5.26 Å². The van der Waals surface area contributed by atoms with Crippen molar-refractivity contribution in [3.05, 3.63) is 0 Å². The molecule has 1 unspecified atom stereocenters. The molecule has 0 aromatic rings. The van der Waals surface area contributed by atoms with Crippen molar-refractivity contribution in [2.24, 2.45) is 11.8 Å². The third-order valence-electron chi connectivity index (χ3n) is 3.94. The van der Waals surface area contributed by atoms with Crippen molar-refractivity contribution in [3.63, 3.8) is 0 Å². The fourth-order valence-corrected chi connectivity index (χ4v) is 2.74. The summed E-state index contributed by atoms with van der Waals surface area (Å²) in [6, 6.07) is 2.20. The van der Waals surface area contributed by atoms with Crippen LogP contribution in [0.1, 0.15) is 58.8 Å². The molecule has 1 fully saturated rings. The lowest BCUT2D eigenvalue weighted by atomic mass is 9.86. The standard InChI is InChI=1S/C15H26N2O/c1-3-17(12-13(2)11-16)15(18)10-9-14-7-5-4-6-8-14/h13-14H,3-10,12H2,1-2H3. The smallest absolute Gasteiger partial charge is 0.222 e. The van der Waals surface area contributed by atoms with Gasteiger partial charge in [-0.25, -0.2) is 0 Å². The van der Waals surface area contributed by atoms with Gasteiger partial charge < -0.3 is 4.90 Å². The van der Waals surface area contributed by atoms with Crippen LogP contribution >= 0.6 is 0 Å². The highest BCUT2D eigenvalue weighted by Crippen LogP contribution is 2.27. The summed E-state index contributed by atoms with van der Waals surface area (Å²) in [5.41, 5.74) is 0. The first-order valence-electron chi connectivity index (χ1n) is 7.34. The second-order valence-corrected chi connectivity index (χ2v) is 5.51. The Morgan fingerprint density at radius 3 is 2.61 bits per heavy atom. The van der Waals surface area contributed by atoms with Crippen LogP contribution < -0.4 is 0 Å². The quantitative estimate of drug-likeness (QED) is 0.725. The molecule has 3 heteroatoms. The van der Waals surface area contributed by atoms with E-state index in [4.69, 9.17) is 5.26 Å². The van der Waals surface area contributed by atoms with E-state index in [0.29, 0.717) is 13.0 Å². The molecule has 0 spiro atoms. The number of nitriles is 1. The molecule has 1 atom stereocenters. The van der Waals surface area contributed by atoms with Gasteiger partial charge in [-0.1, -0.05) is 32.1 Å². The first-order valence-corrected chi connectivity index (χ1v) is 7.34. The molecular formula is C15H26N2O. The molecule has 0 aliphatic heterocycles. The molecule has 0 radical (unpaired) electrons. The van der Waals surface area contributed by atoms with E-state index < -0.39 is 0 Å². The average molecular weight is 250 g/mol. The fourth-order valence-electron chi connectivity index (χ4n) is 2.74. The van der Waals surface area contributed by atoms with Crippen molar-refractivity contribution >= 4 is 5.91 Å². The normalized spacial score (nSPS) is 18.1. The number of hydrogen-bond acceptors (Lipinski definition) is 2. The van der Waals surface area contributed by atoms with E-state index in [1.54, 1.807) is 0 Å². The molecular weight excluding hydrogens is 224 g/mol. The summed E-state index contributed by atoms with van der Waals surface area (Å²) in [6.07, 6.45) is 8.34. The highest BCUT2D eigenvalue weighted by atomic mass is 16.2. The van der Waals surface area contributed by atoms with Gasteiger partial charge in [-0.2, -0.15) is 5.26 Å². The van der Waals surface area contributed by atoms with Gasteiger partial charge in [0.1, 0.15) is 0 Å². The predicted octanol–water partition coefficient (Wildman–Crippen LogP) is 3.36. The Morgan fingerprint density at radius 2 is 2.06 bits per heavy atom. The zero-order valence-electron chi connectivity index (χ0n) is 11.8.